The summed E-state index contributed by atoms with van der Waals surface area (Å²) in [4.78, 5) is 0. The molecule has 0 aromatic heterocycles. The van der Waals surface area contributed by atoms with Gasteiger partial charge in [0.1, 0.15) is 5.54 Å². The van der Waals surface area contributed by atoms with Gasteiger partial charge in [0.25, 0.3) is 0 Å². The first-order chi connectivity index (χ1) is 11.8. The highest BCUT2D eigenvalue weighted by atomic mass is 15.4. The number of nitrogens with zero attached hydrogens (tertiary/aromatic N) is 1. The maximum Gasteiger partial charge on any atom is 0.100 e. The van der Waals surface area contributed by atoms with Crippen LogP contribution in [-0.4, -0.2) is 30.7 Å². The van der Waals surface area contributed by atoms with Crippen molar-refractivity contribution in [1.82, 2.24) is 0 Å². The molecule has 3 unspecified atom stereocenters. The third kappa shape index (κ3) is 2.11. The first-order valence-electron chi connectivity index (χ1n) is 10.6. The first kappa shape index (κ1) is 16.4. The Morgan fingerprint density at radius 1 is 0.960 bits per heavy atom. The van der Waals surface area contributed by atoms with Crippen molar-refractivity contribution in [2.75, 3.05) is 20.6 Å². The Kier molecular flexibility index (Phi) is 3.21. The quantitative estimate of drug-likeness (QED) is 0.639. The van der Waals surface area contributed by atoms with Crippen LogP contribution in [0, 0.1) is 28.6 Å². The molecule has 5 fully saturated rings. The zero-order chi connectivity index (χ0) is 17.5. The molecule has 136 valence electrons. The fourth-order valence-electron chi connectivity index (χ4n) is 9.01. The lowest BCUT2D eigenvalue weighted by Gasteiger charge is -2.66. The summed E-state index contributed by atoms with van der Waals surface area (Å²) in [6.07, 6.45) is 10.2. The van der Waals surface area contributed by atoms with E-state index < -0.39 is 0 Å². The van der Waals surface area contributed by atoms with Crippen LogP contribution in [0.3, 0.4) is 0 Å². The lowest BCUT2D eigenvalue weighted by molar-refractivity contribution is -0.949. The van der Waals surface area contributed by atoms with Crippen LogP contribution in [0.5, 0.6) is 0 Å². The maximum absolute atomic E-state index is 2.67. The molecule has 5 aliphatic carbocycles. The van der Waals surface area contributed by atoms with Gasteiger partial charge in [-0.1, -0.05) is 44.2 Å². The summed E-state index contributed by atoms with van der Waals surface area (Å²) < 4.78 is 1.26. The van der Waals surface area contributed by atoms with Crippen molar-refractivity contribution >= 4 is 0 Å². The first-order valence-corrected chi connectivity index (χ1v) is 10.6. The summed E-state index contributed by atoms with van der Waals surface area (Å²) in [6, 6.07) is 11.1. The SMILES string of the molecule is CC12CC3CC4(C)CC([N+](C)(C)CCCc5ccccc5)(CC3C14)C2. The van der Waals surface area contributed by atoms with Gasteiger partial charge in [0, 0.05) is 25.7 Å². The number of rotatable bonds is 5. The molecule has 5 saturated carbocycles. The van der Waals surface area contributed by atoms with Crippen LogP contribution in [0.2, 0.25) is 0 Å². The molecule has 0 saturated heterocycles. The molecule has 0 heterocycles. The van der Waals surface area contributed by atoms with Gasteiger partial charge in [0.15, 0.2) is 0 Å². The molecule has 5 aliphatic rings. The van der Waals surface area contributed by atoms with Crippen LogP contribution in [0.4, 0.5) is 0 Å². The molecule has 1 heteroatoms. The second-order valence-corrected chi connectivity index (χ2v) is 11.4. The van der Waals surface area contributed by atoms with Crippen LogP contribution in [-0.2, 0) is 6.42 Å². The summed E-state index contributed by atoms with van der Waals surface area (Å²) in [5.74, 6) is 3.17. The largest absolute Gasteiger partial charge is 0.324 e. The zero-order valence-corrected chi connectivity index (χ0v) is 16.7. The molecular weight excluding hydrogens is 302 g/mol. The van der Waals surface area contributed by atoms with Crippen molar-refractivity contribution in [3.8, 4) is 0 Å². The molecule has 1 nitrogen and oxygen atoms in total. The van der Waals surface area contributed by atoms with Crippen LogP contribution < -0.4 is 0 Å². The monoisotopic (exact) mass is 338 g/mol. The normalized spacial score (nSPS) is 47.0. The molecule has 1 aromatic rings. The van der Waals surface area contributed by atoms with Gasteiger partial charge in [-0.15, -0.1) is 0 Å². The van der Waals surface area contributed by atoms with Gasteiger partial charge in [-0.2, -0.15) is 0 Å². The summed E-state index contributed by atoms with van der Waals surface area (Å²) in [5, 5.41) is 0. The summed E-state index contributed by atoms with van der Waals surface area (Å²) >= 11 is 0. The molecule has 0 aliphatic heterocycles. The van der Waals surface area contributed by atoms with E-state index in [0.717, 1.165) is 17.8 Å². The molecule has 0 N–H and O–H groups in total. The molecule has 0 radical (unpaired) electrons. The number of quaternary nitrogens is 1. The van der Waals surface area contributed by atoms with E-state index in [0.29, 0.717) is 16.4 Å². The Hall–Kier alpha value is -0.820. The molecular formula is C24H36N+. The van der Waals surface area contributed by atoms with Gasteiger partial charge in [-0.05, 0) is 53.4 Å². The number of benzene rings is 1. The van der Waals surface area contributed by atoms with Gasteiger partial charge in [-0.25, -0.2) is 0 Å². The maximum atomic E-state index is 2.67. The molecule has 3 atom stereocenters. The predicted octanol–water partition coefficient (Wildman–Crippen LogP) is 5.30. The summed E-state index contributed by atoms with van der Waals surface area (Å²) in [5.41, 5.74) is 3.39. The van der Waals surface area contributed by atoms with E-state index in [2.05, 4.69) is 58.3 Å². The smallest absolute Gasteiger partial charge is 0.100 e. The third-order valence-corrected chi connectivity index (χ3v) is 9.38. The van der Waals surface area contributed by atoms with Gasteiger partial charge >= 0.3 is 0 Å². The second kappa shape index (κ2) is 4.91. The number of hydrogen-bond acceptors (Lipinski definition) is 0. The van der Waals surface area contributed by atoms with E-state index in [9.17, 15) is 0 Å². The highest BCUT2D eigenvalue weighted by molar-refractivity contribution is 5.23. The average molecular weight is 339 g/mol. The van der Waals surface area contributed by atoms with Crippen LogP contribution in [0.1, 0.15) is 57.9 Å². The average Bonchev–Trinajstić information content (AvgIpc) is 2.86. The van der Waals surface area contributed by atoms with E-state index in [1.54, 1.807) is 12.8 Å². The minimum Gasteiger partial charge on any atom is -0.324 e. The van der Waals surface area contributed by atoms with E-state index in [4.69, 9.17) is 0 Å². The number of aryl methyl sites for hydroxylation is 1. The van der Waals surface area contributed by atoms with Gasteiger partial charge in [0.2, 0.25) is 0 Å². The molecule has 6 rings (SSSR count). The fourth-order valence-corrected chi connectivity index (χ4v) is 9.01. The van der Waals surface area contributed by atoms with Crippen molar-refractivity contribution in [3.05, 3.63) is 35.9 Å². The van der Waals surface area contributed by atoms with Crippen molar-refractivity contribution in [2.45, 2.75) is 64.3 Å². The van der Waals surface area contributed by atoms with Gasteiger partial charge in [0.05, 0.1) is 20.6 Å². The molecule has 6 bridgehead atoms. The van der Waals surface area contributed by atoms with E-state index in [1.165, 1.54) is 48.7 Å². The minimum absolute atomic E-state index is 0.560. The Bertz CT molecular complexity index is 655. The minimum atomic E-state index is 0.560. The molecule has 0 amide bonds. The Balaban J connectivity index is 1.37. The summed E-state index contributed by atoms with van der Waals surface area (Å²) in [7, 11) is 5.14. The molecule has 25 heavy (non-hydrogen) atoms. The van der Waals surface area contributed by atoms with Crippen molar-refractivity contribution in [3.63, 3.8) is 0 Å². The predicted molar refractivity (Wildman–Crippen MR) is 104 cm³/mol. The lowest BCUT2D eigenvalue weighted by atomic mass is 9.44. The van der Waals surface area contributed by atoms with Crippen molar-refractivity contribution in [2.24, 2.45) is 28.6 Å². The second-order valence-electron chi connectivity index (χ2n) is 11.4. The lowest BCUT2D eigenvalue weighted by Crippen LogP contribution is -2.70. The van der Waals surface area contributed by atoms with E-state index >= 15 is 0 Å². The number of hydrogen-bond donors (Lipinski definition) is 0. The Morgan fingerprint density at radius 3 is 2.20 bits per heavy atom. The third-order valence-electron chi connectivity index (χ3n) is 9.38. The Morgan fingerprint density at radius 2 is 1.60 bits per heavy atom. The molecule has 1 aromatic carbocycles. The van der Waals surface area contributed by atoms with E-state index in [-0.39, 0.29) is 0 Å². The summed E-state index contributed by atoms with van der Waals surface area (Å²) in [6.45, 7) is 6.67. The van der Waals surface area contributed by atoms with Crippen LogP contribution in [0.25, 0.3) is 0 Å². The van der Waals surface area contributed by atoms with Crippen molar-refractivity contribution in [1.29, 1.82) is 0 Å². The van der Waals surface area contributed by atoms with Gasteiger partial charge in [-0.3, -0.25) is 0 Å². The van der Waals surface area contributed by atoms with Gasteiger partial charge < -0.3 is 4.48 Å². The standard InChI is InChI=1S/C24H36N/c1-22-13-19-14-23(2)17-24(16-22,15-20(19)21(22)23)25(3,4)12-8-11-18-9-6-5-7-10-18/h5-7,9-10,19-21H,8,11-17H2,1-4H3/q+1. The van der Waals surface area contributed by atoms with E-state index in [1.807, 2.05) is 0 Å². The zero-order valence-electron chi connectivity index (χ0n) is 16.7. The topological polar surface area (TPSA) is 0 Å². The van der Waals surface area contributed by atoms with Crippen molar-refractivity contribution < 1.29 is 4.48 Å². The Labute approximate surface area is 154 Å². The highest BCUT2D eigenvalue weighted by Crippen LogP contribution is 2.80. The fraction of sp³-hybridized carbons (Fsp3) is 0.750. The van der Waals surface area contributed by atoms with Crippen LogP contribution in [0.15, 0.2) is 30.3 Å². The van der Waals surface area contributed by atoms with Crippen LogP contribution >= 0.6 is 0 Å². The highest BCUT2D eigenvalue weighted by Gasteiger charge is 2.77. The molecule has 0 spiro atoms.